The summed E-state index contributed by atoms with van der Waals surface area (Å²) >= 11 is 0. The van der Waals surface area contributed by atoms with Crippen molar-refractivity contribution in [2.75, 3.05) is 31.6 Å². The Labute approximate surface area is 131 Å². The lowest BCUT2D eigenvalue weighted by molar-refractivity contribution is -0.119. The molecule has 0 saturated carbocycles. The van der Waals surface area contributed by atoms with Crippen LogP contribution in [0.15, 0.2) is 23.1 Å². The Bertz CT molecular complexity index is 656. The summed E-state index contributed by atoms with van der Waals surface area (Å²) in [5.41, 5.74) is 1.91. The summed E-state index contributed by atoms with van der Waals surface area (Å²) in [6, 6.07) is 5.07. The molecule has 1 aliphatic heterocycles. The van der Waals surface area contributed by atoms with E-state index in [1.165, 1.54) is 7.05 Å². The van der Waals surface area contributed by atoms with E-state index in [1.54, 1.807) is 12.1 Å². The zero-order valence-electron chi connectivity index (χ0n) is 13.2. The molecule has 1 heterocycles. The molecule has 7 heteroatoms. The first-order valence-electron chi connectivity index (χ1n) is 7.41. The van der Waals surface area contributed by atoms with E-state index in [-0.39, 0.29) is 17.3 Å². The molecule has 0 saturated heterocycles. The topological polar surface area (TPSA) is 78.5 Å². The maximum atomic E-state index is 12.0. The Morgan fingerprint density at radius 3 is 2.73 bits per heavy atom. The third-order valence-electron chi connectivity index (χ3n) is 3.67. The van der Waals surface area contributed by atoms with Crippen LogP contribution >= 0.6 is 0 Å². The summed E-state index contributed by atoms with van der Waals surface area (Å²) in [7, 11) is -2.08. The summed E-state index contributed by atoms with van der Waals surface area (Å²) < 4.78 is 26.1. The number of carbonyl (C=O) groups is 1. The first-order valence-corrected chi connectivity index (χ1v) is 8.90. The highest BCUT2D eigenvalue weighted by atomic mass is 32.2. The van der Waals surface area contributed by atoms with Crippen molar-refractivity contribution in [1.29, 1.82) is 0 Å². The summed E-state index contributed by atoms with van der Waals surface area (Å²) in [4.78, 5) is 14.1. The van der Waals surface area contributed by atoms with Crippen LogP contribution in [0, 0.1) is 5.92 Å². The van der Waals surface area contributed by atoms with Gasteiger partial charge in [0.1, 0.15) is 0 Å². The minimum atomic E-state index is -3.47. The molecule has 0 fully saturated rings. The molecule has 0 aromatic heterocycles. The first kappa shape index (κ1) is 16.8. The number of nitrogens with zero attached hydrogens (tertiary/aromatic N) is 1. The fraction of sp³-hybridized carbons (Fsp3) is 0.533. The van der Waals surface area contributed by atoms with Crippen LogP contribution in [0.5, 0.6) is 0 Å². The molecule has 1 aromatic carbocycles. The van der Waals surface area contributed by atoms with Crippen LogP contribution in [0.2, 0.25) is 0 Å². The Morgan fingerprint density at radius 1 is 1.36 bits per heavy atom. The van der Waals surface area contributed by atoms with Crippen molar-refractivity contribution in [1.82, 2.24) is 10.0 Å². The molecule has 0 unspecified atom stereocenters. The standard InChI is InChI=1S/C15H23N3O3S/c1-11(2)9-17-15(19)10-18-7-6-12-4-5-13(8-14(12)18)22(20,21)16-3/h4-5,8,11,16H,6-7,9-10H2,1-3H3,(H,17,19). The third kappa shape index (κ3) is 3.78. The minimum absolute atomic E-state index is 0.0385. The molecule has 0 bridgehead atoms. The molecule has 122 valence electrons. The lowest BCUT2D eigenvalue weighted by Crippen LogP contribution is -2.38. The van der Waals surface area contributed by atoms with E-state index in [2.05, 4.69) is 10.0 Å². The van der Waals surface area contributed by atoms with E-state index in [0.717, 1.165) is 24.2 Å². The Balaban J connectivity index is 2.14. The number of hydrogen-bond donors (Lipinski definition) is 2. The molecule has 6 nitrogen and oxygen atoms in total. The van der Waals surface area contributed by atoms with Gasteiger partial charge in [-0.15, -0.1) is 0 Å². The number of amides is 1. The summed E-state index contributed by atoms with van der Waals surface area (Å²) in [6.45, 7) is 5.71. The second-order valence-electron chi connectivity index (χ2n) is 5.87. The number of rotatable bonds is 6. The maximum absolute atomic E-state index is 12.0. The Kier molecular flexibility index (Phi) is 5.08. The van der Waals surface area contributed by atoms with Gasteiger partial charge in [-0.05, 0) is 37.1 Å². The zero-order chi connectivity index (χ0) is 16.3. The molecule has 1 aromatic rings. The van der Waals surface area contributed by atoms with Gasteiger partial charge in [-0.3, -0.25) is 4.79 Å². The molecule has 22 heavy (non-hydrogen) atoms. The van der Waals surface area contributed by atoms with Crippen molar-refractivity contribution >= 4 is 21.6 Å². The van der Waals surface area contributed by atoms with Gasteiger partial charge in [0, 0.05) is 18.8 Å². The minimum Gasteiger partial charge on any atom is -0.362 e. The van der Waals surface area contributed by atoms with Gasteiger partial charge >= 0.3 is 0 Å². The lowest BCUT2D eigenvalue weighted by Gasteiger charge is -2.20. The predicted molar refractivity (Wildman–Crippen MR) is 86.5 cm³/mol. The number of anilines is 1. The van der Waals surface area contributed by atoms with Gasteiger partial charge in [-0.25, -0.2) is 13.1 Å². The van der Waals surface area contributed by atoms with Gasteiger partial charge < -0.3 is 10.2 Å². The van der Waals surface area contributed by atoms with Crippen LogP contribution in [0.3, 0.4) is 0 Å². The molecule has 1 aliphatic rings. The first-order chi connectivity index (χ1) is 10.3. The average Bonchev–Trinajstić information content (AvgIpc) is 2.87. The van der Waals surface area contributed by atoms with E-state index in [4.69, 9.17) is 0 Å². The van der Waals surface area contributed by atoms with Crippen LogP contribution in [0.1, 0.15) is 19.4 Å². The fourth-order valence-electron chi connectivity index (χ4n) is 2.42. The number of sulfonamides is 1. The van der Waals surface area contributed by atoms with Crippen molar-refractivity contribution in [2.24, 2.45) is 5.92 Å². The molecule has 2 N–H and O–H groups in total. The second kappa shape index (κ2) is 6.66. The van der Waals surface area contributed by atoms with Crippen LogP contribution in [-0.4, -0.2) is 41.0 Å². The molecular formula is C15H23N3O3S. The lowest BCUT2D eigenvalue weighted by atomic mass is 10.2. The zero-order valence-corrected chi connectivity index (χ0v) is 14.0. The quantitative estimate of drug-likeness (QED) is 0.808. The van der Waals surface area contributed by atoms with Crippen molar-refractivity contribution in [3.05, 3.63) is 23.8 Å². The second-order valence-corrected chi connectivity index (χ2v) is 7.75. The van der Waals surface area contributed by atoms with E-state index < -0.39 is 10.0 Å². The number of benzene rings is 1. The van der Waals surface area contributed by atoms with Crippen molar-refractivity contribution in [2.45, 2.75) is 25.2 Å². The largest absolute Gasteiger partial charge is 0.362 e. The predicted octanol–water partition coefficient (Wildman–Crippen LogP) is 0.729. The van der Waals surface area contributed by atoms with E-state index in [9.17, 15) is 13.2 Å². The molecule has 0 spiro atoms. The summed E-state index contributed by atoms with van der Waals surface area (Å²) in [6.07, 6.45) is 0.826. The van der Waals surface area contributed by atoms with Crippen LogP contribution in [-0.2, 0) is 21.2 Å². The normalized spacial score (nSPS) is 14.3. The summed E-state index contributed by atoms with van der Waals surface area (Å²) in [5.74, 6) is 0.366. The van der Waals surface area contributed by atoms with Gasteiger partial charge in [-0.2, -0.15) is 0 Å². The number of hydrogen-bond acceptors (Lipinski definition) is 4. The molecule has 0 radical (unpaired) electrons. The van der Waals surface area contributed by atoms with Gasteiger partial charge in [0.25, 0.3) is 0 Å². The van der Waals surface area contributed by atoms with Crippen molar-refractivity contribution in [3.8, 4) is 0 Å². The SMILES string of the molecule is CNS(=O)(=O)c1ccc2c(c1)N(CC(=O)NCC(C)C)CC2. The van der Waals surface area contributed by atoms with E-state index >= 15 is 0 Å². The van der Waals surface area contributed by atoms with Gasteiger partial charge in [-0.1, -0.05) is 19.9 Å². The van der Waals surface area contributed by atoms with Gasteiger partial charge in [0.05, 0.1) is 11.4 Å². The monoisotopic (exact) mass is 325 g/mol. The number of fused-ring (bicyclic) bond motifs is 1. The molecular weight excluding hydrogens is 302 g/mol. The van der Waals surface area contributed by atoms with Gasteiger partial charge in [0.2, 0.25) is 15.9 Å². The van der Waals surface area contributed by atoms with Crippen molar-refractivity contribution in [3.63, 3.8) is 0 Å². The Hall–Kier alpha value is -1.60. The van der Waals surface area contributed by atoms with E-state index in [0.29, 0.717) is 12.5 Å². The maximum Gasteiger partial charge on any atom is 0.240 e. The van der Waals surface area contributed by atoms with Gasteiger partial charge in [0.15, 0.2) is 0 Å². The smallest absolute Gasteiger partial charge is 0.240 e. The van der Waals surface area contributed by atoms with Crippen LogP contribution in [0.4, 0.5) is 5.69 Å². The highest BCUT2D eigenvalue weighted by molar-refractivity contribution is 7.89. The molecule has 1 amide bonds. The van der Waals surface area contributed by atoms with Crippen LogP contribution < -0.4 is 14.9 Å². The Morgan fingerprint density at radius 2 is 2.09 bits per heavy atom. The molecule has 0 atom stereocenters. The average molecular weight is 325 g/mol. The summed E-state index contributed by atoms with van der Waals surface area (Å²) in [5, 5.41) is 2.88. The highest BCUT2D eigenvalue weighted by Gasteiger charge is 2.23. The fourth-order valence-corrected chi connectivity index (χ4v) is 3.17. The highest BCUT2D eigenvalue weighted by Crippen LogP contribution is 2.30. The number of nitrogens with one attached hydrogen (secondary N) is 2. The van der Waals surface area contributed by atoms with Crippen molar-refractivity contribution < 1.29 is 13.2 Å². The third-order valence-corrected chi connectivity index (χ3v) is 5.08. The number of carbonyl (C=O) groups excluding carboxylic acids is 1. The van der Waals surface area contributed by atoms with E-state index in [1.807, 2.05) is 24.8 Å². The molecule has 0 aliphatic carbocycles. The molecule has 2 rings (SSSR count). The van der Waals surface area contributed by atoms with Crippen LogP contribution in [0.25, 0.3) is 0 Å².